The summed E-state index contributed by atoms with van der Waals surface area (Å²) in [5.41, 5.74) is 0. The van der Waals surface area contributed by atoms with Crippen LogP contribution in [0.15, 0.2) is 6.07 Å². The van der Waals surface area contributed by atoms with Gasteiger partial charge < -0.3 is 5.32 Å². The quantitative estimate of drug-likeness (QED) is 0.852. The molecule has 2 unspecified atom stereocenters. The summed E-state index contributed by atoms with van der Waals surface area (Å²) in [6.07, 6.45) is 6.79. The number of aromatic nitrogens is 2. The highest BCUT2D eigenvalue weighted by atomic mass is 35.5. The Morgan fingerprint density at radius 3 is 3.00 bits per heavy atom. The topological polar surface area (TPSA) is 37.8 Å². The van der Waals surface area contributed by atoms with Crippen molar-refractivity contribution in [1.82, 2.24) is 9.97 Å². The molecule has 94 valence electrons. The number of nitrogens with zero attached hydrogens (tertiary/aromatic N) is 2. The molecular weight excluding hydrogens is 254 g/mol. The monoisotopic (exact) mass is 271 g/mol. The predicted molar refractivity (Wildman–Crippen MR) is 75.0 cm³/mol. The van der Waals surface area contributed by atoms with Gasteiger partial charge in [0.25, 0.3) is 0 Å². The van der Waals surface area contributed by atoms with E-state index in [0.29, 0.717) is 16.4 Å². The number of nitrogens with one attached hydrogen (secondary N) is 1. The van der Waals surface area contributed by atoms with Crippen molar-refractivity contribution < 1.29 is 0 Å². The van der Waals surface area contributed by atoms with Crippen molar-refractivity contribution in [2.45, 2.75) is 43.9 Å². The lowest BCUT2D eigenvalue weighted by atomic mass is 10.2. The molecule has 2 atom stereocenters. The summed E-state index contributed by atoms with van der Waals surface area (Å²) in [6, 6.07) is 2.33. The van der Waals surface area contributed by atoms with Crippen LogP contribution in [0, 0.1) is 0 Å². The van der Waals surface area contributed by atoms with E-state index < -0.39 is 0 Å². The molecule has 2 rings (SSSR count). The van der Waals surface area contributed by atoms with Crippen molar-refractivity contribution in [3.8, 4) is 0 Å². The molecule has 0 saturated heterocycles. The van der Waals surface area contributed by atoms with Gasteiger partial charge in [0.15, 0.2) is 0 Å². The summed E-state index contributed by atoms with van der Waals surface area (Å²) in [4.78, 5) is 8.64. The lowest BCUT2D eigenvalue weighted by molar-refractivity contribution is 0.759. The van der Waals surface area contributed by atoms with Gasteiger partial charge in [0.05, 0.1) is 0 Å². The van der Waals surface area contributed by atoms with Crippen molar-refractivity contribution in [2.75, 3.05) is 11.6 Å². The summed E-state index contributed by atoms with van der Waals surface area (Å²) < 4.78 is 0. The molecule has 0 amide bonds. The fourth-order valence-corrected chi connectivity index (χ4v) is 3.40. The predicted octanol–water partition coefficient (Wildman–Crippen LogP) is 3.39. The van der Waals surface area contributed by atoms with Crippen molar-refractivity contribution in [1.29, 1.82) is 0 Å². The molecule has 1 saturated carbocycles. The van der Waals surface area contributed by atoms with Gasteiger partial charge in [-0.25, -0.2) is 9.97 Å². The average molecular weight is 272 g/mol. The number of anilines is 1. The fraction of sp³-hybridized carbons (Fsp3) is 0.667. The third-order valence-electron chi connectivity index (χ3n) is 3.15. The number of thioether (sulfide) groups is 1. The van der Waals surface area contributed by atoms with Crippen LogP contribution >= 0.6 is 23.4 Å². The molecule has 1 heterocycles. The van der Waals surface area contributed by atoms with Crippen molar-refractivity contribution in [2.24, 2.45) is 0 Å². The lowest BCUT2D eigenvalue weighted by Crippen LogP contribution is -2.26. The number of aryl methyl sites for hydroxylation is 1. The molecule has 5 heteroatoms. The lowest BCUT2D eigenvalue weighted by Gasteiger charge is -2.20. The van der Waals surface area contributed by atoms with Crippen molar-refractivity contribution in [3.05, 3.63) is 17.0 Å². The first kappa shape index (κ1) is 13.0. The minimum absolute atomic E-state index is 0.515. The normalized spacial score (nSPS) is 23.9. The van der Waals surface area contributed by atoms with Crippen LogP contribution in [0.25, 0.3) is 0 Å². The van der Waals surface area contributed by atoms with Gasteiger partial charge in [0.1, 0.15) is 16.8 Å². The van der Waals surface area contributed by atoms with Crippen LogP contribution in [0.5, 0.6) is 0 Å². The highest BCUT2D eigenvalue weighted by molar-refractivity contribution is 7.99. The zero-order chi connectivity index (χ0) is 12.3. The Kier molecular flexibility index (Phi) is 4.51. The van der Waals surface area contributed by atoms with Gasteiger partial charge in [-0.1, -0.05) is 24.9 Å². The summed E-state index contributed by atoms with van der Waals surface area (Å²) in [7, 11) is 0. The maximum absolute atomic E-state index is 5.99. The summed E-state index contributed by atoms with van der Waals surface area (Å²) in [6.45, 7) is 2.04. The zero-order valence-corrected chi connectivity index (χ0v) is 11.8. The van der Waals surface area contributed by atoms with E-state index in [2.05, 4.69) is 21.5 Å². The summed E-state index contributed by atoms with van der Waals surface area (Å²) in [5.74, 6) is 1.67. The summed E-state index contributed by atoms with van der Waals surface area (Å²) >= 11 is 7.92. The van der Waals surface area contributed by atoms with E-state index in [4.69, 9.17) is 11.6 Å². The molecule has 3 nitrogen and oxygen atoms in total. The first-order valence-electron chi connectivity index (χ1n) is 6.05. The molecule has 0 spiro atoms. The Morgan fingerprint density at radius 1 is 1.47 bits per heavy atom. The largest absolute Gasteiger partial charge is 0.366 e. The van der Waals surface area contributed by atoms with Gasteiger partial charge in [-0.15, -0.1) is 0 Å². The van der Waals surface area contributed by atoms with Gasteiger partial charge in [-0.05, 0) is 19.1 Å². The Labute approximate surface area is 112 Å². The van der Waals surface area contributed by atoms with Gasteiger partial charge in [-0.2, -0.15) is 11.8 Å². The highest BCUT2D eigenvalue weighted by Gasteiger charge is 2.26. The van der Waals surface area contributed by atoms with E-state index in [9.17, 15) is 0 Å². The van der Waals surface area contributed by atoms with Crippen LogP contribution in [-0.2, 0) is 6.42 Å². The first-order chi connectivity index (χ1) is 8.22. The van der Waals surface area contributed by atoms with Crippen LogP contribution in [0.4, 0.5) is 5.82 Å². The maximum atomic E-state index is 5.99. The van der Waals surface area contributed by atoms with Crippen LogP contribution in [0.1, 0.15) is 32.0 Å². The molecule has 0 aliphatic heterocycles. The Balaban J connectivity index is 2.09. The second-order valence-corrected chi connectivity index (χ2v) is 5.77. The van der Waals surface area contributed by atoms with Gasteiger partial charge in [0, 0.05) is 23.8 Å². The molecular formula is C12H18ClN3S. The third-order valence-corrected chi connectivity index (χ3v) is 4.51. The second-order valence-electron chi connectivity index (χ2n) is 4.30. The van der Waals surface area contributed by atoms with E-state index >= 15 is 0 Å². The van der Waals surface area contributed by atoms with Crippen molar-refractivity contribution in [3.63, 3.8) is 0 Å². The molecule has 1 N–H and O–H groups in total. The Bertz CT molecular complexity index is 386. The van der Waals surface area contributed by atoms with Crippen LogP contribution < -0.4 is 5.32 Å². The number of rotatable bonds is 4. The minimum atomic E-state index is 0.515. The van der Waals surface area contributed by atoms with Gasteiger partial charge >= 0.3 is 0 Å². The minimum Gasteiger partial charge on any atom is -0.366 e. The van der Waals surface area contributed by atoms with Gasteiger partial charge in [0.2, 0.25) is 0 Å². The average Bonchev–Trinajstić information content (AvgIpc) is 2.75. The number of hydrogen-bond acceptors (Lipinski definition) is 4. The molecule has 1 fully saturated rings. The van der Waals surface area contributed by atoms with Crippen LogP contribution in [-0.4, -0.2) is 27.5 Å². The van der Waals surface area contributed by atoms with Gasteiger partial charge in [-0.3, -0.25) is 0 Å². The van der Waals surface area contributed by atoms with Crippen LogP contribution in [0.3, 0.4) is 0 Å². The molecule has 1 aliphatic rings. The van der Waals surface area contributed by atoms with E-state index in [1.807, 2.05) is 24.8 Å². The molecule has 0 radical (unpaired) electrons. The zero-order valence-electron chi connectivity index (χ0n) is 10.2. The first-order valence-corrected chi connectivity index (χ1v) is 7.72. The molecule has 1 aromatic heterocycles. The van der Waals surface area contributed by atoms with E-state index in [1.165, 1.54) is 19.3 Å². The van der Waals surface area contributed by atoms with E-state index in [1.54, 1.807) is 0 Å². The van der Waals surface area contributed by atoms with E-state index in [-0.39, 0.29) is 0 Å². The third kappa shape index (κ3) is 3.26. The standard InChI is InChI=1S/C12H18ClN3S/c1-3-11-15-10(13)7-12(16-11)14-8-5-4-6-9(8)17-2/h7-9H,3-6H2,1-2H3,(H,14,15,16). The highest BCUT2D eigenvalue weighted by Crippen LogP contribution is 2.30. The molecule has 0 aromatic carbocycles. The summed E-state index contributed by atoms with van der Waals surface area (Å²) in [5, 5.41) is 4.72. The van der Waals surface area contributed by atoms with E-state index in [0.717, 1.165) is 18.1 Å². The molecule has 1 aromatic rings. The Morgan fingerprint density at radius 2 is 2.29 bits per heavy atom. The SMILES string of the molecule is CCc1nc(Cl)cc(NC2CCCC2SC)n1. The second kappa shape index (κ2) is 5.91. The van der Waals surface area contributed by atoms with Crippen LogP contribution in [0.2, 0.25) is 5.15 Å². The molecule has 17 heavy (non-hydrogen) atoms. The molecule has 1 aliphatic carbocycles. The van der Waals surface area contributed by atoms with Crippen molar-refractivity contribution >= 4 is 29.2 Å². The number of hydrogen-bond donors (Lipinski definition) is 1. The smallest absolute Gasteiger partial charge is 0.134 e. The fourth-order valence-electron chi connectivity index (χ4n) is 2.26. The maximum Gasteiger partial charge on any atom is 0.134 e. The molecule has 0 bridgehead atoms. The number of halogens is 1. The Hall–Kier alpha value is -0.480.